The number of thiazole rings is 1. The maximum absolute atomic E-state index is 12.7. The van der Waals surface area contributed by atoms with Gasteiger partial charge in [0.15, 0.2) is 5.78 Å². The molecule has 0 unspecified atom stereocenters. The molecule has 0 bridgehead atoms. The summed E-state index contributed by atoms with van der Waals surface area (Å²) in [6.45, 7) is -0.441. The van der Waals surface area contributed by atoms with Gasteiger partial charge in [0.2, 0.25) is 10.2 Å². The maximum atomic E-state index is 12.7. The van der Waals surface area contributed by atoms with Gasteiger partial charge >= 0.3 is 5.97 Å². The normalized spacial score (nSPS) is 12.8. The molecule has 0 aliphatic heterocycles. The minimum Gasteiger partial charge on any atom is -0.492 e. The SMILES string of the molecule is N[C@@H](CO)C(=O)NCCOc1cccc(COC[C@H](CC(=O)Cn2cc(COc3ccc4nc(S(N)(=O)=O)sc4c3)nn2)C(=O)O)c1. The number of hydrogen-bond acceptors (Lipinski definition) is 14. The van der Waals surface area contributed by atoms with Crippen LogP contribution in [0, 0.1) is 5.92 Å². The van der Waals surface area contributed by atoms with Gasteiger partial charge in [0, 0.05) is 6.42 Å². The number of rotatable bonds is 19. The Morgan fingerprint density at radius 2 is 1.87 bits per heavy atom. The molecule has 0 radical (unpaired) electrons. The Morgan fingerprint density at radius 1 is 1.09 bits per heavy atom. The topological polar surface area (TPSA) is 261 Å². The van der Waals surface area contributed by atoms with Crippen molar-refractivity contribution < 1.29 is 47.2 Å². The molecule has 0 aliphatic carbocycles. The van der Waals surface area contributed by atoms with E-state index in [-0.39, 0.29) is 56.1 Å². The van der Waals surface area contributed by atoms with E-state index < -0.39 is 40.5 Å². The minimum atomic E-state index is -3.92. The summed E-state index contributed by atoms with van der Waals surface area (Å²) in [7, 11) is -3.92. The van der Waals surface area contributed by atoms with Crippen LogP contribution in [0.4, 0.5) is 0 Å². The average Bonchev–Trinajstić information content (AvgIpc) is 3.68. The number of primary sulfonamides is 1. The van der Waals surface area contributed by atoms with E-state index in [4.69, 9.17) is 30.2 Å². The summed E-state index contributed by atoms with van der Waals surface area (Å²) in [6, 6.07) is 10.8. The van der Waals surface area contributed by atoms with E-state index in [1.165, 1.54) is 10.9 Å². The molecular formula is C28H33N7O10S2. The number of nitrogens with two attached hydrogens (primary N) is 2. The van der Waals surface area contributed by atoms with Crippen LogP contribution < -0.4 is 25.7 Å². The molecule has 1 amide bonds. The number of ketones is 1. The van der Waals surface area contributed by atoms with Crippen LogP contribution in [-0.4, -0.2) is 88.7 Å². The van der Waals surface area contributed by atoms with E-state index >= 15 is 0 Å². The largest absolute Gasteiger partial charge is 0.492 e. The van der Waals surface area contributed by atoms with E-state index in [2.05, 4.69) is 20.6 Å². The molecule has 19 heteroatoms. The van der Waals surface area contributed by atoms with E-state index in [9.17, 15) is 27.9 Å². The lowest BCUT2D eigenvalue weighted by Gasteiger charge is -2.13. The van der Waals surface area contributed by atoms with Gasteiger partial charge in [-0.05, 0) is 35.9 Å². The molecule has 4 aromatic rings. The second-order valence-electron chi connectivity index (χ2n) is 10.2. The van der Waals surface area contributed by atoms with Crippen molar-refractivity contribution >= 4 is 49.2 Å². The molecule has 0 saturated heterocycles. The van der Waals surface area contributed by atoms with Crippen molar-refractivity contribution in [3.8, 4) is 11.5 Å². The lowest BCUT2D eigenvalue weighted by Crippen LogP contribution is -2.44. The highest BCUT2D eigenvalue weighted by atomic mass is 32.2. The van der Waals surface area contributed by atoms with Crippen LogP contribution >= 0.6 is 11.3 Å². The third-order valence-electron chi connectivity index (χ3n) is 6.41. The summed E-state index contributed by atoms with van der Waals surface area (Å²) in [6.07, 6.45) is 1.22. The van der Waals surface area contributed by atoms with Gasteiger partial charge in [-0.1, -0.05) is 17.3 Å². The van der Waals surface area contributed by atoms with Crippen molar-refractivity contribution in [1.29, 1.82) is 0 Å². The van der Waals surface area contributed by atoms with Crippen molar-refractivity contribution in [2.24, 2.45) is 16.8 Å². The summed E-state index contributed by atoms with van der Waals surface area (Å²) in [5.41, 5.74) is 7.01. The smallest absolute Gasteiger partial charge is 0.309 e. The third kappa shape index (κ3) is 10.8. The number of sulfonamides is 1. The van der Waals surface area contributed by atoms with E-state index in [0.29, 0.717) is 33.0 Å². The van der Waals surface area contributed by atoms with Crippen LogP contribution in [-0.2, 0) is 48.9 Å². The number of fused-ring (bicyclic) bond motifs is 1. The number of carboxylic acid groups (broad SMARTS) is 1. The highest BCUT2D eigenvalue weighted by Crippen LogP contribution is 2.28. The molecule has 0 saturated carbocycles. The Balaban J connectivity index is 1.20. The summed E-state index contributed by atoms with van der Waals surface area (Å²) >= 11 is 0.918. The molecule has 2 aromatic carbocycles. The first-order valence-electron chi connectivity index (χ1n) is 14.0. The zero-order valence-corrected chi connectivity index (χ0v) is 26.5. The van der Waals surface area contributed by atoms with E-state index in [0.717, 1.165) is 11.3 Å². The number of hydrogen-bond donors (Lipinski definition) is 5. The molecule has 2 atom stereocenters. The summed E-state index contributed by atoms with van der Waals surface area (Å²) < 4.78 is 41.6. The number of benzene rings is 2. The highest BCUT2D eigenvalue weighted by molar-refractivity contribution is 7.91. The molecule has 0 spiro atoms. The number of aliphatic hydroxyl groups is 1. The molecular weight excluding hydrogens is 658 g/mol. The Morgan fingerprint density at radius 3 is 2.62 bits per heavy atom. The number of aromatic nitrogens is 4. The second kappa shape index (κ2) is 16.3. The molecule has 2 heterocycles. The lowest BCUT2D eigenvalue weighted by molar-refractivity contribution is -0.146. The van der Waals surface area contributed by atoms with E-state index in [1.807, 2.05) is 0 Å². The van der Waals surface area contributed by atoms with Crippen LogP contribution in [0.5, 0.6) is 11.5 Å². The number of nitrogens with one attached hydrogen (secondary N) is 1. The predicted molar refractivity (Wildman–Crippen MR) is 166 cm³/mol. The van der Waals surface area contributed by atoms with Crippen molar-refractivity contribution in [2.45, 2.75) is 36.6 Å². The molecule has 4 rings (SSSR count). The summed E-state index contributed by atoms with van der Waals surface area (Å²) in [5.74, 6) is -2.20. The number of Topliss-reactive ketones (excluding diaryl/α,β-unsaturated/α-hetero) is 1. The number of carbonyl (C=O) groups is 3. The quantitative estimate of drug-likeness (QED) is 0.0798. The predicted octanol–water partition coefficient (Wildman–Crippen LogP) is -0.194. The molecule has 0 aliphatic rings. The third-order valence-corrected chi connectivity index (χ3v) is 8.75. The number of aliphatic hydroxyl groups excluding tert-OH is 1. The van der Waals surface area contributed by atoms with Gasteiger partial charge < -0.3 is 35.5 Å². The van der Waals surface area contributed by atoms with Gasteiger partial charge in [0.25, 0.3) is 10.0 Å². The Bertz CT molecular complexity index is 1810. The average molecular weight is 692 g/mol. The molecule has 252 valence electrons. The summed E-state index contributed by atoms with van der Waals surface area (Å²) in [5, 5.41) is 34.1. The standard InChI is InChI=1S/C28H33N7O10S2/c29-23(13-36)26(38)31-6-7-44-21-3-1-2-17(8-21)14-43-15-18(27(39)40)9-20(37)12-35-11-19(33-34-35)16-45-22-4-5-24-25(10-22)46-28(32-24)47(30,41)42/h1-5,8,10-11,18,23,36H,6-7,9,12-16,29H2,(H,31,38)(H,39,40)(H2,30,41,42)/t18-,23-/m0/s1. The van der Waals surface area contributed by atoms with Crippen LogP contribution in [0.15, 0.2) is 53.0 Å². The van der Waals surface area contributed by atoms with Crippen molar-refractivity contribution in [3.05, 3.63) is 59.9 Å². The molecule has 7 N–H and O–H groups in total. The Hall–Kier alpha value is -4.53. The fraction of sp³-hybridized carbons (Fsp3) is 0.357. The fourth-order valence-electron chi connectivity index (χ4n) is 4.07. The zero-order chi connectivity index (χ0) is 34.0. The van der Waals surface area contributed by atoms with Crippen molar-refractivity contribution in [2.75, 3.05) is 26.4 Å². The lowest BCUT2D eigenvalue weighted by atomic mass is 10.0. The van der Waals surface area contributed by atoms with Crippen LogP contribution in [0.25, 0.3) is 10.2 Å². The van der Waals surface area contributed by atoms with Crippen LogP contribution in [0.3, 0.4) is 0 Å². The zero-order valence-electron chi connectivity index (χ0n) is 24.9. The maximum Gasteiger partial charge on any atom is 0.309 e. The Labute approximate surface area is 272 Å². The van der Waals surface area contributed by atoms with Crippen LogP contribution in [0.1, 0.15) is 17.7 Å². The first-order chi connectivity index (χ1) is 22.4. The Kier molecular flexibility index (Phi) is 12.3. The van der Waals surface area contributed by atoms with Gasteiger partial charge in [-0.25, -0.2) is 23.2 Å². The molecule has 47 heavy (non-hydrogen) atoms. The molecule has 2 aromatic heterocycles. The monoisotopic (exact) mass is 691 g/mol. The van der Waals surface area contributed by atoms with Gasteiger partial charge in [0.05, 0.1) is 48.7 Å². The van der Waals surface area contributed by atoms with E-state index in [1.54, 1.807) is 42.5 Å². The summed E-state index contributed by atoms with van der Waals surface area (Å²) in [4.78, 5) is 40.0. The van der Waals surface area contributed by atoms with Gasteiger partial charge in [-0.3, -0.25) is 14.4 Å². The van der Waals surface area contributed by atoms with Crippen molar-refractivity contribution in [1.82, 2.24) is 25.3 Å². The van der Waals surface area contributed by atoms with Gasteiger partial charge in [-0.2, -0.15) is 0 Å². The first-order valence-corrected chi connectivity index (χ1v) is 16.4. The number of aliphatic carboxylic acids is 1. The number of carbonyl (C=O) groups excluding carboxylic acids is 2. The van der Waals surface area contributed by atoms with Gasteiger partial charge in [0.1, 0.15) is 43.0 Å². The number of carboxylic acids is 1. The fourth-order valence-corrected chi connectivity index (χ4v) is 5.76. The van der Waals surface area contributed by atoms with Gasteiger partial charge in [-0.15, -0.1) is 16.4 Å². The van der Waals surface area contributed by atoms with Crippen molar-refractivity contribution in [3.63, 3.8) is 0 Å². The number of amides is 1. The minimum absolute atomic E-state index is 0.00821. The highest BCUT2D eigenvalue weighted by Gasteiger charge is 2.22. The number of ether oxygens (including phenoxy) is 3. The second-order valence-corrected chi connectivity index (χ2v) is 13.0. The molecule has 17 nitrogen and oxygen atoms in total. The molecule has 0 fully saturated rings. The first kappa shape index (κ1) is 35.3. The van der Waals surface area contributed by atoms with Crippen LogP contribution in [0.2, 0.25) is 0 Å². The number of nitrogens with zero attached hydrogens (tertiary/aromatic N) is 4.